The van der Waals surface area contributed by atoms with E-state index in [9.17, 15) is 9.18 Å². The van der Waals surface area contributed by atoms with Crippen LogP contribution >= 0.6 is 0 Å². The maximum atomic E-state index is 13.3. The molecule has 9 heteroatoms. The van der Waals surface area contributed by atoms with Crippen molar-refractivity contribution in [2.24, 2.45) is 0 Å². The number of rotatable bonds is 5. The summed E-state index contributed by atoms with van der Waals surface area (Å²) in [4.78, 5) is 21.5. The molecule has 2 aromatic heterocycles. The van der Waals surface area contributed by atoms with E-state index in [1.807, 2.05) is 0 Å². The number of nitrogens with one attached hydrogen (secondary N) is 1. The molecule has 0 unspecified atom stereocenters. The lowest BCUT2D eigenvalue weighted by molar-refractivity contribution is 0.101. The zero-order valence-electron chi connectivity index (χ0n) is 15.6. The van der Waals surface area contributed by atoms with Gasteiger partial charge in [0, 0.05) is 5.56 Å². The lowest BCUT2D eigenvalue weighted by Crippen LogP contribution is -2.18. The van der Waals surface area contributed by atoms with Gasteiger partial charge in [-0.1, -0.05) is 6.07 Å². The lowest BCUT2D eigenvalue weighted by atomic mass is 10.1. The predicted octanol–water partition coefficient (Wildman–Crippen LogP) is 3.20. The van der Waals surface area contributed by atoms with E-state index >= 15 is 0 Å². The van der Waals surface area contributed by atoms with Gasteiger partial charge in [-0.25, -0.2) is 9.37 Å². The predicted molar refractivity (Wildman–Crippen MR) is 104 cm³/mol. The number of aromatic nitrogens is 4. The Bertz CT molecular complexity index is 1190. The zero-order chi connectivity index (χ0) is 20.4. The van der Waals surface area contributed by atoms with E-state index in [4.69, 9.17) is 9.47 Å². The molecular weight excluding hydrogens is 377 g/mol. The van der Waals surface area contributed by atoms with Crippen molar-refractivity contribution in [2.45, 2.75) is 0 Å². The second-order valence-corrected chi connectivity index (χ2v) is 6.00. The first-order chi connectivity index (χ1) is 14.1. The van der Waals surface area contributed by atoms with Crippen LogP contribution in [0.5, 0.6) is 11.5 Å². The topological polar surface area (TPSA) is 90.6 Å². The fraction of sp³-hybridized carbons (Fsp3) is 0.100. The quantitative estimate of drug-likeness (QED) is 0.560. The first-order valence-corrected chi connectivity index (χ1v) is 8.60. The van der Waals surface area contributed by atoms with Gasteiger partial charge >= 0.3 is 0 Å². The number of anilines is 1. The summed E-state index contributed by atoms with van der Waals surface area (Å²) in [6.45, 7) is 0. The van der Waals surface area contributed by atoms with Gasteiger partial charge in [-0.05, 0) is 42.5 Å². The molecule has 0 radical (unpaired) electrons. The number of hydrogen-bond donors (Lipinski definition) is 1. The minimum Gasteiger partial charge on any atom is -0.493 e. The largest absolute Gasteiger partial charge is 0.493 e. The summed E-state index contributed by atoms with van der Waals surface area (Å²) in [7, 11) is 3.00. The van der Waals surface area contributed by atoms with Gasteiger partial charge in [0.15, 0.2) is 11.5 Å². The van der Waals surface area contributed by atoms with Crippen LogP contribution < -0.4 is 14.8 Å². The number of para-hydroxylation sites is 1. The van der Waals surface area contributed by atoms with Gasteiger partial charge in [-0.3, -0.25) is 4.79 Å². The number of carbonyl (C=O) groups excluding carboxylic acids is 1. The standard InChI is InChI=1S/C20H16FN5O3/c1-28-17-5-3-4-14(18(17)29-2)24-19(27)16-10-15(12-6-8-13(21)9-7-12)25-20-22-11-23-26(16)20/h3-11H,1-2H3,(H,24,27). The number of methoxy groups -OCH3 is 2. The highest BCUT2D eigenvalue weighted by molar-refractivity contribution is 6.05. The Hall–Kier alpha value is -4.01. The number of fused-ring (bicyclic) bond motifs is 1. The molecule has 8 nitrogen and oxygen atoms in total. The molecule has 0 bridgehead atoms. The monoisotopic (exact) mass is 393 g/mol. The van der Waals surface area contributed by atoms with Gasteiger partial charge in [0.05, 0.1) is 25.6 Å². The molecular formula is C20H16FN5O3. The smallest absolute Gasteiger partial charge is 0.274 e. The number of halogens is 1. The molecule has 1 N–H and O–H groups in total. The Morgan fingerprint density at radius 2 is 1.90 bits per heavy atom. The molecule has 0 saturated carbocycles. The van der Waals surface area contributed by atoms with Crippen molar-refractivity contribution in [1.29, 1.82) is 0 Å². The van der Waals surface area contributed by atoms with Gasteiger partial charge in [-0.2, -0.15) is 14.6 Å². The zero-order valence-corrected chi connectivity index (χ0v) is 15.6. The molecule has 0 saturated heterocycles. The van der Waals surface area contributed by atoms with Gasteiger partial charge in [0.1, 0.15) is 17.8 Å². The molecule has 4 aromatic rings. The summed E-state index contributed by atoms with van der Waals surface area (Å²) in [5, 5.41) is 6.87. The Kier molecular flexibility index (Phi) is 4.78. The maximum Gasteiger partial charge on any atom is 0.274 e. The van der Waals surface area contributed by atoms with E-state index in [-0.39, 0.29) is 17.3 Å². The molecule has 0 aliphatic carbocycles. The summed E-state index contributed by atoms with van der Waals surface area (Å²) in [6, 6.07) is 12.5. The van der Waals surface area contributed by atoms with Crippen LogP contribution in [-0.2, 0) is 0 Å². The van der Waals surface area contributed by atoms with Crippen LogP contribution in [0.4, 0.5) is 10.1 Å². The van der Waals surface area contributed by atoms with E-state index in [0.29, 0.717) is 28.4 Å². The average molecular weight is 393 g/mol. The Morgan fingerprint density at radius 3 is 2.62 bits per heavy atom. The lowest BCUT2D eigenvalue weighted by Gasteiger charge is -2.14. The Labute approximate surface area is 164 Å². The normalized spacial score (nSPS) is 10.7. The van der Waals surface area contributed by atoms with Crippen LogP contribution in [-0.4, -0.2) is 39.7 Å². The molecule has 4 rings (SSSR count). The van der Waals surface area contributed by atoms with Gasteiger partial charge < -0.3 is 14.8 Å². The van der Waals surface area contributed by atoms with Crippen molar-refractivity contribution in [1.82, 2.24) is 19.6 Å². The summed E-state index contributed by atoms with van der Waals surface area (Å²) in [5.41, 5.74) is 1.75. The van der Waals surface area contributed by atoms with Crippen molar-refractivity contribution >= 4 is 17.4 Å². The first kappa shape index (κ1) is 18.4. The molecule has 29 heavy (non-hydrogen) atoms. The fourth-order valence-electron chi connectivity index (χ4n) is 2.91. The van der Waals surface area contributed by atoms with E-state index in [1.54, 1.807) is 36.4 Å². The van der Waals surface area contributed by atoms with Crippen LogP contribution in [0.1, 0.15) is 10.5 Å². The molecule has 0 aliphatic heterocycles. The first-order valence-electron chi connectivity index (χ1n) is 8.60. The number of nitrogens with zero attached hydrogens (tertiary/aromatic N) is 4. The fourth-order valence-corrected chi connectivity index (χ4v) is 2.91. The molecule has 2 aromatic carbocycles. The van der Waals surface area contributed by atoms with Crippen LogP contribution in [0.2, 0.25) is 0 Å². The van der Waals surface area contributed by atoms with Gasteiger partial charge in [0.25, 0.3) is 11.7 Å². The summed E-state index contributed by atoms with van der Waals surface area (Å²) in [6.07, 6.45) is 1.31. The molecule has 0 atom stereocenters. The summed E-state index contributed by atoms with van der Waals surface area (Å²) in [5.74, 6) is 0.316. The van der Waals surface area contributed by atoms with Crippen molar-refractivity contribution in [3.8, 4) is 22.8 Å². The van der Waals surface area contributed by atoms with E-state index < -0.39 is 5.91 Å². The van der Waals surface area contributed by atoms with E-state index in [0.717, 1.165) is 0 Å². The molecule has 0 aliphatic rings. The third-order valence-corrected chi connectivity index (χ3v) is 4.28. The number of hydrogen-bond acceptors (Lipinski definition) is 6. The van der Waals surface area contributed by atoms with E-state index in [2.05, 4.69) is 20.4 Å². The third kappa shape index (κ3) is 3.45. The third-order valence-electron chi connectivity index (χ3n) is 4.28. The maximum absolute atomic E-state index is 13.3. The SMILES string of the molecule is COc1cccc(NC(=O)c2cc(-c3ccc(F)cc3)nc3ncnn23)c1OC. The van der Waals surface area contributed by atoms with Crippen molar-refractivity contribution < 1.29 is 18.7 Å². The number of amides is 1. The number of carbonyl (C=O) groups is 1. The molecule has 0 spiro atoms. The number of benzene rings is 2. The highest BCUT2D eigenvalue weighted by Crippen LogP contribution is 2.35. The molecule has 2 heterocycles. The van der Waals surface area contributed by atoms with Crippen molar-refractivity contribution in [3.63, 3.8) is 0 Å². The minimum atomic E-state index is -0.446. The van der Waals surface area contributed by atoms with Gasteiger partial charge in [0.2, 0.25) is 0 Å². The second-order valence-electron chi connectivity index (χ2n) is 6.00. The highest BCUT2D eigenvalue weighted by Gasteiger charge is 2.18. The van der Waals surface area contributed by atoms with Gasteiger partial charge in [-0.15, -0.1) is 0 Å². The number of ether oxygens (including phenoxy) is 2. The van der Waals surface area contributed by atoms with Crippen LogP contribution in [0.25, 0.3) is 17.0 Å². The van der Waals surface area contributed by atoms with E-state index in [1.165, 1.54) is 37.2 Å². The van der Waals surface area contributed by atoms with Crippen LogP contribution in [0.3, 0.4) is 0 Å². The highest BCUT2D eigenvalue weighted by atomic mass is 19.1. The molecule has 1 amide bonds. The minimum absolute atomic E-state index is 0.205. The molecule has 0 fully saturated rings. The Balaban J connectivity index is 1.76. The summed E-state index contributed by atoms with van der Waals surface area (Å²) >= 11 is 0. The van der Waals surface area contributed by atoms with Crippen LogP contribution in [0.15, 0.2) is 54.9 Å². The Morgan fingerprint density at radius 1 is 1.10 bits per heavy atom. The molecule has 146 valence electrons. The van der Waals surface area contributed by atoms with Crippen molar-refractivity contribution in [2.75, 3.05) is 19.5 Å². The van der Waals surface area contributed by atoms with Crippen LogP contribution in [0, 0.1) is 5.82 Å². The second kappa shape index (κ2) is 7.55. The average Bonchev–Trinajstić information content (AvgIpc) is 3.22. The van der Waals surface area contributed by atoms with Crippen molar-refractivity contribution in [3.05, 3.63) is 66.4 Å². The summed E-state index contributed by atoms with van der Waals surface area (Å²) < 4.78 is 25.2.